The molecule has 0 aliphatic rings. The number of nitrogens with zero attached hydrogens (tertiary/aromatic N) is 1. The van der Waals surface area contributed by atoms with Crippen molar-refractivity contribution in [2.45, 2.75) is 19.8 Å². The summed E-state index contributed by atoms with van der Waals surface area (Å²) in [5.74, 6) is 2.92. The van der Waals surface area contributed by atoms with Crippen LogP contribution in [0.15, 0.2) is 65.8 Å². The summed E-state index contributed by atoms with van der Waals surface area (Å²) in [5.41, 5.74) is 5.57. The summed E-state index contributed by atoms with van der Waals surface area (Å²) in [5, 5.41) is 6.17. The van der Waals surface area contributed by atoms with Gasteiger partial charge in [0, 0.05) is 5.56 Å². The predicted molar refractivity (Wildman–Crippen MR) is 114 cm³/mol. The molecule has 1 amide bonds. The fraction of sp³-hybridized carbons (Fsp3) is 0.167. The maximum absolute atomic E-state index is 12.2. The largest absolute Gasteiger partial charge is 0.480 e. The number of terminal acetylenes is 1. The molecule has 0 spiro atoms. The average molecular weight is 370 g/mol. The fourth-order valence-corrected chi connectivity index (χ4v) is 2.94. The van der Waals surface area contributed by atoms with Crippen molar-refractivity contribution in [3.05, 3.63) is 77.4 Å². The molecule has 3 rings (SSSR count). The molecule has 0 aromatic heterocycles. The Bertz CT molecular complexity index is 1030. The van der Waals surface area contributed by atoms with Crippen LogP contribution >= 0.6 is 0 Å². The van der Waals surface area contributed by atoms with Crippen LogP contribution in [0.3, 0.4) is 0 Å². The third-order valence-electron chi connectivity index (χ3n) is 4.42. The summed E-state index contributed by atoms with van der Waals surface area (Å²) in [6.07, 6.45) is 8.16. The second-order valence-electron chi connectivity index (χ2n) is 6.33. The zero-order valence-corrected chi connectivity index (χ0v) is 15.8. The van der Waals surface area contributed by atoms with Crippen LogP contribution < -0.4 is 10.2 Å². The van der Waals surface area contributed by atoms with Gasteiger partial charge in [0.05, 0.1) is 12.6 Å². The minimum absolute atomic E-state index is 0.166. The first-order valence-corrected chi connectivity index (χ1v) is 9.19. The van der Waals surface area contributed by atoms with Gasteiger partial charge in [-0.25, -0.2) is 5.43 Å². The van der Waals surface area contributed by atoms with Crippen LogP contribution in [0, 0.1) is 12.3 Å². The van der Waals surface area contributed by atoms with Crippen molar-refractivity contribution in [2.75, 3.05) is 6.61 Å². The summed E-state index contributed by atoms with van der Waals surface area (Å²) in [4.78, 5) is 12.2. The van der Waals surface area contributed by atoms with E-state index in [1.54, 1.807) is 6.21 Å². The SMILES string of the molecule is C#CCOc1ccc2ccccc2c1/C=N\NC(=O)Cc1ccc(CC)cc1. The number of benzene rings is 3. The summed E-state index contributed by atoms with van der Waals surface area (Å²) < 4.78 is 5.63. The molecule has 0 saturated carbocycles. The number of hydrazone groups is 1. The van der Waals surface area contributed by atoms with Crippen LogP contribution in [-0.4, -0.2) is 18.7 Å². The van der Waals surface area contributed by atoms with E-state index in [-0.39, 0.29) is 18.9 Å². The molecular weight excluding hydrogens is 348 g/mol. The average Bonchev–Trinajstić information content (AvgIpc) is 2.73. The number of aryl methyl sites for hydroxylation is 1. The fourth-order valence-electron chi connectivity index (χ4n) is 2.94. The van der Waals surface area contributed by atoms with E-state index >= 15 is 0 Å². The Labute approximate surface area is 165 Å². The highest BCUT2D eigenvalue weighted by atomic mass is 16.5. The van der Waals surface area contributed by atoms with Gasteiger partial charge in [-0.3, -0.25) is 4.79 Å². The van der Waals surface area contributed by atoms with Gasteiger partial charge >= 0.3 is 0 Å². The van der Waals surface area contributed by atoms with Crippen LogP contribution in [0.25, 0.3) is 10.8 Å². The summed E-state index contributed by atoms with van der Waals surface area (Å²) >= 11 is 0. The zero-order chi connectivity index (χ0) is 19.8. The van der Waals surface area contributed by atoms with E-state index in [1.807, 2.05) is 60.7 Å². The lowest BCUT2D eigenvalue weighted by Gasteiger charge is -2.10. The van der Waals surface area contributed by atoms with Crippen LogP contribution in [0.5, 0.6) is 5.75 Å². The molecular formula is C24H22N2O2. The maximum Gasteiger partial charge on any atom is 0.244 e. The number of hydrogen-bond donors (Lipinski definition) is 1. The number of carbonyl (C=O) groups is 1. The number of ether oxygens (including phenoxy) is 1. The number of hydrogen-bond acceptors (Lipinski definition) is 3. The van der Waals surface area contributed by atoms with E-state index in [0.717, 1.165) is 28.3 Å². The van der Waals surface area contributed by atoms with Gasteiger partial charge in [-0.2, -0.15) is 5.10 Å². The molecule has 3 aromatic carbocycles. The molecule has 0 saturated heterocycles. The van der Waals surface area contributed by atoms with Crippen molar-refractivity contribution < 1.29 is 9.53 Å². The first kappa shape index (κ1) is 19.2. The molecule has 0 aliphatic heterocycles. The van der Waals surface area contributed by atoms with E-state index in [0.29, 0.717) is 5.75 Å². The van der Waals surface area contributed by atoms with Gasteiger partial charge in [0.15, 0.2) is 0 Å². The maximum atomic E-state index is 12.2. The lowest BCUT2D eigenvalue weighted by molar-refractivity contribution is -0.120. The van der Waals surface area contributed by atoms with Gasteiger partial charge in [0.25, 0.3) is 0 Å². The lowest BCUT2D eigenvalue weighted by atomic mass is 10.0. The Hall–Kier alpha value is -3.58. The number of amides is 1. The normalized spacial score (nSPS) is 10.7. The van der Waals surface area contributed by atoms with Crippen LogP contribution in [0.4, 0.5) is 0 Å². The van der Waals surface area contributed by atoms with E-state index in [9.17, 15) is 4.79 Å². The van der Waals surface area contributed by atoms with Gasteiger partial charge in [-0.15, -0.1) is 6.42 Å². The summed E-state index contributed by atoms with van der Waals surface area (Å²) in [6, 6.07) is 19.8. The Morgan fingerprint density at radius 1 is 1.11 bits per heavy atom. The van der Waals surface area contributed by atoms with Crippen LogP contribution in [0.1, 0.15) is 23.6 Å². The van der Waals surface area contributed by atoms with Crippen molar-refractivity contribution in [2.24, 2.45) is 5.10 Å². The van der Waals surface area contributed by atoms with E-state index in [1.165, 1.54) is 5.56 Å². The summed E-state index contributed by atoms with van der Waals surface area (Å²) in [7, 11) is 0. The van der Waals surface area contributed by atoms with E-state index < -0.39 is 0 Å². The van der Waals surface area contributed by atoms with Gasteiger partial charge in [-0.1, -0.05) is 67.4 Å². The van der Waals surface area contributed by atoms with Gasteiger partial charge < -0.3 is 4.74 Å². The van der Waals surface area contributed by atoms with Gasteiger partial charge in [0.2, 0.25) is 5.91 Å². The highest BCUT2D eigenvalue weighted by Crippen LogP contribution is 2.26. The molecule has 0 fully saturated rings. The van der Waals surface area contributed by atoms with Crippen molar-refractivity contribution in [1.29, 1.82) is 0 Å². The smallest absolute Gasteiger partial charge is 0.244 e. The second-order valence-corrected chi connectivity index (χ2v) is 6.33. The molecule has 28 heavy (non-hydrogen) atoms. The highest BCUT2D eigenvalue weighted by molar-refractivity contribution is 6.02. The molecule has 0 heterocycles. The molecule has 0 radical (unpaired) electrons. The molecule has 0 atom stereocenters. The molecule has 4 nitrogen and oxygen atoms in total. The van der Waals surface area contributed by atoms with Crippen LogP contribution in [0.2, 0.25) is 0 Å². The molecule has 0 aliphatic carbocycles. The molecule has 1 N–H and O–H groups in total. The topological polar surface area (TPSA) is 50.7 Å². The third kappa shape index (κ3) is 4.77. The molecule has 4 heteroatoms. The number of rotatable bonds is 7. The minimum atomic E-state index is -0.174. The quantitative estimate of drug-likeness (QED) is 0.387. The monoisotopic (exact) mass is 370 g/mol. The Balaban J connectivity index is 1.74. The summed E-state index contributed by atoms with van der Waals surface area (Å²) in [6.45, 7) is 2.27. The zero-order valence-electron chi connectivity index (χ0n) is 15.8. The second kappa shape index (κ2) is 9.38. The molecule has 3 aromatic rings. The molecule has 0 unspecified atom stereocenters. The van der Waals surface area contributed by atoms with Gasteiger partial charge in [0.1, 0.15) is 12.4 Å². The number of nitrogens with one attached hydrogen (secondary N) is 1. The Morgan fingerprint density at radius 2 is 1.86 bits per heavy atom. The van der Waals surface area contributed by atoms with E-state index in [2.05, 4.69) is 23.4 Å². The Morgan fingerprint density at radius 3 is 2.61 bits per heavy atom. The Kier molecular flexibility index (Phi) is 6.43. The van der Waals surface area contributed by atoms with Crippen molar-refractivity contribution >= 4 is 22.9 Å². The first-order valence-electron chi connectivity index (χ1n) is 9.19. The van der Waals surface area contributed by atoms with Crippen LogP contribution in [-0.2, 0) is 17.6 Å². The minimum Gasteiger partial charge on any atom is -0.480 e. The molecule has 0 bridgehead atoms. The van der Waals surface area contributed by atoms with Gasteiger partial charge in [-0.05, 0) is 34.4 Å². The molecule has 140 valence electrons. The van der Waals surface area contributed by atoms with Crippen molar-refractivity contribution in [3.63, 3.8) is 0 Å². The number of fused-ring (bicyclic) bond motifs is 1. The standard InChI is InChI=1S/C24H22N2O2/c1-3-15-28-23-14-13-20-7-5-6-8-21(20)22(23)17-25-26-24(27)16-19-11-9-18(4-2)10-12-19/h1,5-14,17H,4,15-16H2,2H3,(H,26,27)/b25-17-. The third-order valence-corrected chi connectivity index (χ3v) is 4.42. The number of carbonyl (C=O) groups excluding carboxylic acids is 1. The lowest BCUT2D eigenvalue weighted by Crippen LogP contribution is -2.19. The first-order chi connectivity index (χ1) is 13.7. The highest BCUT2D eigenvalue weighted by Gasteiger charge is 2.07. The predicted octanol–water partition coefficient (Wildman–Crippen LogP) is 4.11. The van der Waals surface area contributed by atoms with Crippen molar-refractivity contribution in [1.82, 2.24) is 5.43 Å². The van der Waals surface area contributed by atoms with Crippen molar-refractivity contribution in [3.8, 4) is 18.1 Å². The van der Waals surface area contributed by atoms with E-state index in [4.69, 9.17) is 11.2 Å².